The van der Waals surface area contributed by atoms with Crippen LogP contribution in [0.3, 0.4) is 0 Å². The third-order valence-corrected chi connectivity index (χ3v) is 6.52. The van der Waals surface area contributed by atoms with E-state index in [0.29, 0.717) is 18.8 Å². The monoisotopic (exact) mass is 427 g/mol. The van der Waals surface area contributed by atoms with Gasteiger partial charge in [-0.15, -0.1) is 10.2 Å². The van der Waals surface area contributed by atoms with Crippen molar-refractivity contribution in [2.45, 2.75) is 44.6 Å². The summed E-state index contributed by atoms with van der Waals surface area (Å²) in [5.41, 5.74) is 0.651. The van der Waals surface area contributed by atoms with Gasteiger partial charge in [0.15, 0.2) is 0 Å². The minimum Gasteiger partial charge on any atom is -0.353 e. The van der Waals surface area contributed by atoms with Gasteiger partial charge in [-0.05, 0) is 37.8 Å². The molecule has 0 bridgehead atoms. The molecule has 8 nitrogen and oxygen atoms in total. The molecule has 0 radical (unpaired) electrons. The normalized spacial score (nSPS) is 19.5. The quantitative estimate of drug-likeness (QED) is 0.763. The van der Waals surface area contributed by atoms with Crippen LogP contribution in [0.2, 0.25) is 0 Å². The zero-order valence-corrected chi connectivity index (χ0v) is 17.5. The van der Waals surface area contributed by atoms with Crippen LogP contribution in [0.1, 0.15) is 58.1 Å². The molecule has 30 heavy (non-hydrogen) atoms. The van der Waals surface area contributed by atoms with Gasteiger partial charge in [0.05, 0.1) is 5.92 Å². The third-order valence-electron chi connectivity index (χ3n) is 5.61. The van der Waals surface area contributed by atoms with E-state index >= 15 is 0 Å². The summed E-state index contributed by atoms with van der Waals surface area (Å²) < 4.78 is 0. The predicted molar refractivity (Wildman–Crippen MR) is 113 cm³/mol. The maximum Gasteiger partial charge on any atom is 0.286 e. The Morgan fingerprint density at radius 2 is 1.70 bits per heavy atom. The largest absolute Gasteiger partial charge is 0.353 e. The second-order valence-electron chi connectivity index (χ2n) is 7.81. The van der Waals surface area contributed by atoms with E-state index in [0.717, 1.165) is 49.9 Å². The van der Waals surface area contributed by atoms with Gasteiger partial charge >= 0.3 is 0 Å². The number of anilines is 1. The summed E-state index contributed by atoms with van der Waals surface area (Å²) in [7, 11) is 0. The molecule has 2 heterocycles. The third kappa shape index (κ3) is 4.84. The van der Waals surface area contributed by atoms with E-state index in [4.69, 9.17) is 0 Å². The fourth-order valence-corrected chi connectivity index (χ4v) is 4.71. The molecule has 1 atom stereocenters. The van der Waals surface area contributed by atoms with Crippen molar-refractivity contribution in [3.05, 3.63) is 40.3 Å². The summed E-state index contributed by atoms with van der Waals surface area (Å²) in [5.74, 6) is -0.827. The number of hydrogen-bond acceptors (Lipinski definition) is 6. The van der Waals surface area contributed by atoms with Crippen LogP contribution in [-0.2, 0) is 4.79 Å². The van der Waals surface area contributed by atoms with Crippen LogP contribution in [0.25, 0.3) is 0 Å². The highest BCUT2D eigenvalue weighted by Gasteiger charge is 2.32. The number of hydrogen-bond donors (Lipinski definition) is 2. The second kappa shape index (κ2) is 9.34. The van der Waals surface area contributed by atoms with Crippen LogP contribution in [0.4, 0.5) is 5.69 Å². The van der Waals surface area contributed by atoms with Crippen LogP contribution >= 0.6 is 11.3 Å². The highest BCUT2D eigenvalue weighted by molar-refractivity contribution is 7.15. The van der Waals surface area contributed by atoms with Gasteiger partial charge < -0.3 is 15.5 Å². The van der Waals surface area contributed by atoms with Crippen LogP contribution in [-0.4, -0.2) is 52.0 Å². The molecule has 2 fully saturated rings. The molecule has 0 unspecified atom stereocenters. The van der Waals surface area contributed by atoms with E-state index < -0.39 is 5.91 Å². The Kier molecular flexibility index (Phi) is 6.37. The van der Waals surface area contributed by atoms with Crippen molar-refractivity contribution in [1.82, 2.24) is 20.4 Å². The number of nitrogens with zero attached hydrogens (tertiary/aromatic N) is 3. The Balaban J connectivity index is 1.35. The number of carbonyl (C=O) groups is 3. The standard InChI is InChI=1S/C21H25N5O3S/c27-17(22-15-10-4-5-11-15)14-7-6-12-26(13-14)21(29)20-25-24-19(30-20)18(28)23-16-8-2-1-3-9-16/h1-3,8-9,14-15H,4-7,10-13H2,(H,22,27)(H,23,28)/t14-/m1/s1. The Morgan fingerprint density at radius 1 is 0.967 bits per heavy atom. The molecule has 1 saturated heterocycles. The van der Waals surface area contributed by atoms with Crippen molar-refractivity contribution >= 4 is 34.7 Å². The van der Waals surface area contributed by atoms with Gasteiger partial charge in [-0.25, -0.2) is 0 Å². The molecule has 3 amide bonds. The van der Waals surface area contributed by atoms with Crippen LogP contribution in [0.5, 0.6) is 0 Å². The molecule has 2 aliphatic rings. The molecule has 1 aromatic carbocycles. The Labute approximate surface area is 179 Å². The smallest absolute Gasteiger partial charge is 0.286 e. The van der Waals surface area contributed by atoms with E-state index in [1.165, 1.54) is 0 Å². The van der Waals surface area contributed by atoms with Gasteiger partial charge in [0.25, 0.3) is 11.8 Å². The van der Waals surface area contributed by atoms with E-state index in [2.05, 4.69) is 20.8 Å². The van der Waals surface area contributed by atoms with Crippen molar-refractivity contribution < 1.29 is 14.4 Å². The minimum absolute atomic E-state index is 0.0413. The zero-order chi connectivity index (χ0) is 20.9. The molecule has 1 aliphatic carbocycles. The molecule has 158 valence electrons. The molecule has 9 heteroatoms. The van der Waals surface area contributed by atoms with E-state index in [9.17, 15) is 14.4 Å². The predicted octanol–water partition coefficient (Wildman–Crippen LogP) is 2.70. The van der Waals surface area contributed by atoms with E-state index in [1.807, 2.05) is 18.2 Å². The van der Waals surface area contributed by atoms with Gasteiger partial charge in [-0.3, -0.25) is 14.4 Å². The van der Waals surface area contributed by atoms with Crippen molar-refractivity contribution in [1.29, 1.82) is 0 Å². The summed E-state index contributed by atoms with van der Waals surface area (Å²) in [6, 6.07) is 9.32. The number of nitrogens with one attached hydrogen (secondary N) is 2. The van der Waals surface area contributed by atoms with Crippen molar-refractivity contribution in [3.63, 3.8) is 0 Å². The second-order valence-corrected chi connectivity index (χ2v) is 8.79. The van der Waals surface area contributed by atoms with Crippen LogP contribution < -0.4 is 10.6 Å². The summed E-state index contributed by atoms with van der Waals surface area (Å²) in [6.07, 6.45) is 5.96. The first-order valence-corrected chi connectivity index (χ1v) is 11.2. The minimum atomic E-state index is -0.398. The lowest BCUT2D eigenvalue weighted by molar-refractivity contribution is -0.127. The molecule has 0 spiro atoms. The number of likely N-dealkylation sites (tertiary alicyclic amines) is 1. The van der Waals surface area contributed by atoms with Crippen LogP contribution in [0, 0.1) is 5.92 Å². The van der Waals surface area contributed by atoms with Gasteiger partial charge in [0.1, 0.15) is 0 Å². The first-order valence-electron chi connectivity index (χ1n) is 10.4. The number of para-hydroxylation sites is 1. The molecule has 1 aliphatic heterocycles. The topological polar surface area (TPSA) is 104 Å². The molecular formula is C21H25N5O3S. The van der Waals surface area contributed by atoms with Crippen molar-refractivity contribution in [2.75, 3.05) is 18.4 Å². The molecule has 1 saturated carbocycles. The van der Waals surface area contributed by atoms with E-state index in [-0.39, 0.29) is 33.8 Å². The summed E-state index contributed by atoms with van der Waals surface area (Å²) >= 11 is 0.972. The number of rotatable bonds is 5. The van der Waals surface area contributed by atoms with E-state index in [1.54, 1.807) is 17.0 Å². The SMILES string of the molecule is O=C(Nc1ccccc1)c1nnc(C(=O)N2CCC[C@@H](C(=O)NC3CCCC3)C2)s1. The molecule has 2 aromatic rings. The highest BCUT2D eigenvalue weighted by Crippen LogP contribution is 2.23. The summed E-state index contributed by atoms with van der Waals surface area (Å²) in [5, 5.41) is 14.0. The number of aromatic nitrogens is 2. The van der Waals surface area contributed by atoms with Gasteiger partial charge in [0.2, 0.25) is 15.9 Å². The lowest BCUT2D eigenvalue weighted by Crippen LogP contribution is -2.47. The average Bonchev–Trinajstić information content (AvgIpc) is 3.46. The number of piperidine rings is 1. The average molecular weight is 428 g/mol. The number of amides is 3. The highest BCUT2D eigenvalue weighted by atomic mass is 32.1. The maximum absolute atomic E-state index is 12.9. The lowest BCUT2D eigenvalue weighted by atomic mass is 9.96. The lowest BCUT2D eigenvalue weighted by Gasteiger charge is -2.32. The Bertz CT molecular complexity index is 910. The fraction of sp³-hybridized carbons (Fsp3) is 0.476. The van der Waals surface area contributed by atoms with Gasteiger partial charge in [0, 0.05) is 24.8 Å². The fourth-order valence-electron chi connectivity index (χ4n) is 4.01. The molecule has 2 N–H and O–H groups in total. The summed E-state index contributed by atoms with van der Waals surface area (Å²) in [4.78, 5) is 39.5. The first-order chi connectivity index (χ1) is 14.6. The van der Waals surface area contributed by atoms with Crippen LogP contribution in [0.15, 0.2) is 30.3 Å². The molecule has 1 aromatic heterocycles. The molecular weight excluding hydrogens is 402 g/mol. The summed E-state index contributed by atoms with van der Waals surface area (Å²) in [6.45, 7) is 0.958. The number of benzene rings is 1. The first kappa shape index (κ1) is 20.5. The van der Waals surface area contributed by atoms with Gasteiger partial charge in [-0.2, -0.15) is 0 Å². The maximum atomic E-state index is 12.9. The Hall–Kier alpha value is -2.81. The van der Waals surface area contributed by atoms with Gasteiger partial charge in [-0.1, -0.05) is 42.4 Å². The zero-order valence-electron chi connectivity index (χ0n) is 16.7. The molecule has 4 rings (SSSR count). The van der Waals surface area contributed by atoms with Crippen molar-refractivity contribution in [2.24, 2.45) is 5.92 Å². The van der Waals surface area contributed by atoms with Crippen molar-refractivity contribution in [3.8, 4) is 0 Å². The Morgan fingerprint density at radius 3 is 2.47 bits per heavy atom. The number of carbonyl (C=O) groups excluding carboxylic acids is 3.